The van der Waals surface area contributed by atoms with Gasteiger partial charge in [0.2, 0.25) is 11.9 Å². The van der Waals surface area contributed by atoms with E-state index in [2.05, 4.69) is 20.4 Å². The predicted molar refractivity (Wildman–Crippen MR) is 104 cm³/mol. The van der Waals surface area contributed by atoms with Gasteiger partial charge in [-0.15, -0.1) is 5.10 Å². The molecule has 0 atom stereocenters. The van der Waals surface area contributed by atoms with Crippen LogP contribution in [0.4, 0.5) is 17.6 Å². The third-order valence-electron chi connectivity index (χ3n) is 4.09. The van der Waals surface area contributed by atoms with Gasteiger partial charge in [0.1, 0.15) is 11.5 Å². The quantitative estimate of drug-likeness (QED) is 0.525. The van der Waals surface area contributed by atoms with Crippen molar-refractivity contribution in [3.63, 3.8) is 0 Å². The molecule has 0 fully saturated rings. The van der Waals surface area contributed by atoms with Crippen molar-refractivity contribution < 1.29 is 13.9 Å². The van der Waals surface area contributed by atoms with Crippen LogP contribution in [0.3, 0.4) is 0 Å². The van der Waals surface area contributed by atoms with Gasteiger partial charge >= 0.3 is 0 Å². The molecule has 9 nitrogen and oxygen atoms in total. The minimum Gasteiger partial charge on any atom is -0.497 e. The fraction of sp³-hybridized carbons (Fsp3) is 0.105. The first kappa shape index (κ1) is 17.4. The minimum absolute atomic E-state index is 0.251. The number of benzene rings is 2. The Bertz CT molecular complexity index is 1090. The topological polar surface area (TPSA) is 113 Å². The summed E-state index contributed by atoms with van der Waals surface area (Å²) in [5.41, 5.74) is 8.30. The molecule has 0 aliphatic carbocycles. The largest absolute Gasteiger partial charge is 0.497 e. The number of hydrogen-bond donors (Lipinski definition) is 2. The molecule has 2 aromatic heterocycles. The van der Waals surface area contributed by atoms with Gasteiger partial charge in [-0.3, -0.25) is 0 Å². The predicted octanol–water partition coefficient (Wildman–Crippen LogP) is 3.27. The van der Waals surface area contributed by atoms with Crippen molar-refractivity contribution in [3.8, 4) is 28.5 Å². The summed E-state index contributed by atoms with van der Waals surface area (Å²) in [6, 6.07) is 12.9. The van der Waals surface area contributed by atoms with E-state index >= 15 is 0 Å². The zero-order chi connectivity index (χ0) is 19.5. The Labute approximate surface area is 160 Å². The highest BCUT2D eigenvalue weighted by atomic mass is 16.5. The Morgan fingerprint density at radius 2 is 2.00 bits per heavy atom. The molecule has 2 aromatic carbocycles. The molecule has 0 saturated heterocycles. The molecule has 2 heterocycles. The molecule has 142 valence electrons. The van der Waals surface area contributed by atoms with Crippen molar-refractivity contribution in [3.05, 3.63) is 55.1 Å². The second kappa shape index (κ2) is 7.31. The molecular formula is C19H18N6O3. The maximum absolute atomic E-state index is 6.03. The van der Waals surface area contributed by atoms with Gasteiger partial charge in [-0.1, -0.05) is 6.07 Å². The fourth-order valence-corrected chi connectivity index (χ4v) is 2.76. The summed E-state index contributed by atoms with van der Waals surface area (Å²) in [6.07, 6.45) is 3.00. The molecule has 0 saturated carbocycles. The van der Waals surface area contributed by atoms with Gasteiger partial charge in [0, 0.05) is 17.8 Å². The number of nitrogens with zero attached hydrogens (tertiary/aromatic N) is 4. The first-order valence-corrected chi connectivity index (χ1v) is 8.39. The van der Waals surface area contributed by atoms with Crippen LogP contribution in [0.1, 0.15) is 0 Å². The van der Waals surface area contributed by atoms with E-state index in [0.717, 1.165) is 16.9 Å². The van der Waals surface area contributed by atoms with Gasteiger partial charge < -0.3 is 24.9 Å². The third kappa shape index (κ3) is 3.32. The van der Waals surface area contributed by atoms with Gasteiger partial charge in [0.25, 0.3) is 0 Å². The van der Waals surface area contributed by atoms with Gasteiger partial charge in [0.15, 0.2) is 12.2 Å². The van der Waals surface area contributed by atoms with Crippen LogP contribution in [-0.2, 0) is 0 Å². The van der Waals surface area contributed by atoms with Crippen molar-refractivity contribution in [2.75, 3.05) is 25.3 Å². The fourth-order valence-electron chi connectivity index (χ4n) is 2.76. The smallest absolute Gasteiger partial charge is 0.248 e. The zero-order valence-corrected chi connectivity index (χ0v) is 15.3. The number of nitrogens with two attached hydrogens (primary N) is 1. The Balaban J connectivity index is 1.61. The van der Waals surface area contributed by atoms with Crippen molar-refractivity contribution in [2.24, 2.45) is 0 Å². The van der Waals surface area contributed by atoms with Gasteiger partial charge in [-0.25, -0.2) is 4.98 Å². The summed E-state index contributed by atoms with van der Waals surface area (Å²) < 4.78 is 17.6. The van der Waals surface area contributed by atoms with Crippen LogP contribution in [0.5, 0.6) is 11.5 Å². The lowest BCUT2D eigenvalue weighted by molar-refractivity contribution is 0.414. The third-order valence-corrected chi connectivity index (χ3v) is 4.09. The van der Waals surface area contributed by atoms with E-state index in [9.17, 15) is 0 Å². The molecule has 0 bridgehead atoms. The minimum atomic E-state index is 0.251. The summed E-state index contributed by atoms with van der Waals surface area (Å²) in [5.74, 6) is 2.56. The Kier molecular flexibility index (Phi) is 4.55. The van der Waals surface area contributed by atoms with Gasteiger partial charge in [-0.2, -0.15) is 9.67 Å². The molecule has 28 heavy (non-hydrogen) atoms. The van der Waals surface area contributed by atoms with Crippen LogP contribution in [0.25, 0.3) is 17.0 Å². The van der Waals surface area contributed by atoms with E-state index in [-0.39, 0.29) is 5.95 Å². The zero-order valence-electron chi connectivity index (χ0n) is 15.3. The van der Waals surface area contributed by atoms with E-state index < -0.39 is 0 Å². The van der Waals surface area contributed by atoms with Crippen LogP contribution in [0.2, 0.25) is 0 Å². The molecule has 0 spiro atoms. The Morgan fingerprint density at radius 1 is 1.11 bits per heavy atom. The summed E-state index contributed by atoms with van der Waals surface area (Å²) in [4.78, 5) is 8.21. The van der Waals surface area contributed by atoms with E-state index in [0.29, 0.717) is 23.2 Å². The van der Waals surface area contributed by atoms with E-state index in [1.165, 1.54) is 11.1 Å². The SMILES string of the molecule is COc1cccc(-n2nc(Nc3ccc(-c4cnco4)c(OC)c3)nc2N)c1. The highest BCUT2D eigenvalue weighted by molar-refractivity contribution is 5.71. The lowest BCUT2D eigenvalue weighted by Crippen LogP contribution is -2.02. The standard InChI is InChI=1S/C19H18N6O3/c1-26-14-5-3-4-13(9-14)25-18(20)23-19(24-25)22-12-6-7-15(16(8-12)27-2)17-10-21-11-28-17/h3-11H,1-2H3,(H3,20,22,23,24). The first-order valence-electron chi connectivity index (χ1n) is 8.39. The number of nitrogen functional groups attached to an aromatic ring is 1. The molecule has 0 amide bonds. The number of rotatable bonds is 6. The second-order valence-electron chi connectivity index (χ2n) is 5.81. The monoisotopic (exact) mass is 378 g/mol. The van der Waals surface area contributed by atoms with Gasteiger partial charge in [0.05, 0.1) is 31.7 Å². The van der Waals surface area contributed by atoms with Crippen LogP contribution >= 0.6 is 0 Å². The molecule has 0 aliphatic heterocycles. The van der Waals surface area contributed by atoms with Crippen LogP contribution < -0.4 is 20.5 Å². The molecule has 3 N–H and O–H groups in total. The molecule has 0 radical (unpaired) electrons. The number of hydrogen-bond acceptors (Lipinski definition) is 8. The number of methoxy groups -OCH3 is 2. The number of aromatic nitrogens is 4. The van der Waals surface area contributed by atoms with E-state index in [4.69, 9.17) is 19.6 Å². The summed E-state index contributed by atoms with van der Waals surface area (Å²) in [6.45, 7) is 0. The number of anilines is 3. The summed E-state index contributed by atoms with van der Waals surface area (Å²) in [7, 11) is 3.19. The normalized spacial score (nSPS) is 10.6. The van der Waals surface area contributed by atoms with E-state index in [1.54, 1.807) is 20.4 Å². The number of oxazole rings is 1. The Morgan fingerprint density at radius 3 is 2.75 bits per heavy atom. The second-order valence-corrected chi connectivity index (χ2v) is 5.81. The lowest BCUT2D eigenvalue weighted by atomic mass is 10.1. The average Bonchev–Trinajstić information content (AvgIpc) is 3.38. The van der Waals surface area contributed by atoms with Crippen LogP contribution in [0, 0.1) is 0 Å². The lowest BCUT2D eigenvalue weighted by Gasteiger charge is -2.09. The molecular weight excluding hydrogens is 360 g/mol. The number of nitrogens with one attached hydrogen (secondary N) is 1. The first-order chi connectivity index (χ1) is 13.7. The van der Waals surface area contributed by atoms with Crippen molar-refractivity contribution >= 4 is 17.6 Å². The van der Waals surface area contributed by atoms with Gasteiger partial charge in [-0.05, 0) is 24.3 Å². The highest BCUT2D eigenvalue weighted by Gasteiger charge is 2.13. The maximum atomic E-state index is 6.03. The molecule has 0 unspecified atom stereocenters. The summed E-state index contributed by atoms with van der Waals surface area (Å²) >= 11 is 0. The van der Waals surface area contributed by atoms with Crippen LogP contribution in [-0.4, -0.2) is 34.0 Å². The molecule has 4 aromatic rings. The average molecular weight is 378 g/mol. The van der Waals surface area contributed by atoms with Crippen molar-refractivity contribution in [1.82, 2.24) is 19.7 Å². The van der Waals surface area contributed by atoms with E-state index in [1.807, 2.05) is 42.5 Å². The summed E-state index contributed by atoms with van der Waals surface area (Å²) in [5, 5.41) is 7.55. The maximum Gasteiger partial charge on any atom is 0.248 e. The molecule has 4 rings (SSSR count). The molecule has 0 aliphatic rings. The van der Waals surface area contributed by atoms with Crippen molar-refractivity contribution in [1.29, 1.82) is 0 Å². The Hall–Kier alpha value is -4.01. The highest BCUT2D eigenvalue weighted by Crippen LogP contribution is 2.33. The van der Waals surface area contributed by atoms with Crippen LogP contribution in [0.15, 0.2) is 59.5 Å². The molecule has 9 heteroatoms. The van der Waals surface area contributed by atoms with Crippen molar-refractivity contribution in [2.45, 2.75) is 0 Å². The number of ether oxygens (including phenoxy) is 2.